The Bertz CT molecular complexity index is 655. The average Bonchev–Trinajstić information content (AvgIpc) is 2.97. The number of nitrogens with one attached hydrogen (secondary N) is 1. The molecule has 2 rings (SSSR count). The number of halogens is 2. The highest BCUT2D eigenvalue weighted by Crippen LogP contribution is 2.25. The van der Waals surface area contributed by atoms with Gasteiger partial charge in [-0.1, -0.05) is 23.2 Å². The minimum Gasteiger partial charge on any atom is -0.457 e. The predicted octanol–water partition coefficient (Wildman–Crippen LogP) is 3.77. The zero-order chi connectivity index (χ0) is 15.4. The Morgan fingerprint density at radius 1 is 1.29 bits per heavy atom. The van der Waals surface area contributed by atoms with Crippen LogP contribution in [-0.2, 0) is 9.53 Å². The van der Waals surface area contributed by atoms with Crippen molar-refractivity contribution in [3.05, 3.63) is 52.4 Å². The molecule has 5 nitrogen and oxygen atoms in total. The summed E-state index contributed by atoms with van der Waals surface area (Å²) < 4.78 is 9.86. The summed E-state index contributed by atoms with van der Waals surface area (Å²) in [6.45, 7) is 1.44. The Labute approximate surface area is 130 Å². The zero-order valence-corrected chi connectivity index (χ0v) is 12.4. The number of esters is 1. The Balaban J connectivity index is 1.99. The number of rotatable bonds is 4. The third-order valence-electron chi connectivity index (χ3n) is 2.56. The van der Waals surface area contributed by atoms with Crippen LogP contribution >= 0.6 is 23.2 Å². The Morgan fingerprint density at radius 3 is 2.71 bits per heavy atom. The lowest BCUT2D eigenvalue weighted by atomic mass is 10.3. The molecule has 21 heavy (non-hydrogen) atoms. The van der Waals surface area contributed by atoms with Crippen molar-refractivity contribution in [1.29, 1.82) is 0 Å². The van der Waals surface area contributed by atoms with E-state index in [4.69, 9.17) is 32.4 Å². The van der Waals surface area contributed by atoms with E-state index in [9.17, 15) is 9.59 Å². The van der Waals surface area contributed by atoms with E-state index in [1.54, 1.807) is 18.2 Å². The van der Waals surface area contributed by atoms with Crippen LogP contribution in [0.5, 0.6) is 0 Å². The van der Waals surface area contributed by atoms with E-state index in [2.05, 4.69) is 5.32 Å². The van der Waals surface area contributed by atoms with Crippen LogP contribution in [0.2, 0.25) is 10.0 Å². The number of carbonyl (C=O) groups is 2. The van der Waals surface area contributed by atoms with Crippen molar-refractivity contribution in [2.24, 2.45) is 0 Å². The van der Waals surface area contributed by atoms with Crippen molar-refractivity contribution in [1.82, 2.24) is 0 Å². The quantitative estimate of drug-likeness (QED) is 0.868. The molecule has 0 unspecified atom stereocenters. The molecule has 0 saturated carbocycles. The van der Waals surface area contributed by atoms with Crippen molar-refractivity contribution in [2.45, 2.75) is 13.0 Å². The van der Waals surface area contributed by atoms with Crippen molar-refractivity contribution in [2.75, 3.05) is 5.32 Å². The first-order chi connectivity index (χ1) is 9.97. The number of amides is 1. The molecule has 1 heterocycles. The van der Waals surface area contributed by atoms with E-state index in [0.717, 1.165) is 0 Å². The van der Waals surface area contributed by atoms with E-state index in [1.807, 2.05) is 0 Å². The minimum absolute atomic E-state index is 0.0236. The summed E-state index contributed by atoms with van der Waals surface area (Å²) in [5.74, 6) is -1.23. The van der Waals surface area contributed by atoms with Gasteiger partial charge >= 0.3 is 5.97 Å². The summed E-state index contributed by atoms with van der Waals surface area (Å²) in [6, 6.07) is 7.65. The Morgan fingerprint density at radius 2 is 2.05 bits per heavy atom. The highest BCUT2D eigenvalue weighted by atomic mass is 35.5. The van der Waals surface area contributed by atoms with Crippen LogP contribution in [0.1, 0.15) is 17.5 Å². The molecule has 1 aromatic carbocycles. The van der Waals surface area contributed by atoms with E-state index in [1.165, 1.54) is 25.3 Å². The molecule has 0 radical (unpaired) electrons. The second-order valence-electron chi connectivity index (χ2n) is 4.14. The molecule has 1 amide bonds. The second kappa shape index (κ2) is 6.65. The lowest BCUT2D eigenvalue weighted by molar-refractivity contribution is -0.123. The summed E-state index contributed by atoms with van der Waals surface area (Å²) in [7, 11) is 0. The molecule has 1 atom stereocenters. The summed E-state index contributed by atoms with van der Waals surface area (Å²) in [6.07, 6.45) is 0.324. The first kappa shape index (κ1) is 15.4. The van der Waals surface area contributed by atoms with Crippen LogP contribution in [0.15, 0.2) is 41.0 Å². The normalized spacial score (nSPS) is 11.8. The van der Waals surface area contributed by atoms with E-state index >= 15 is 0 Å². The van der Waals surface area contributed by atoms with Crippen LogP contribution < -0.4 is 5.32 Å². The topological polar surface area (TPSA) is 68.5 Å². The fourth-order valence-electron chi connectivity index (χ4n) is 1.49. The van der Waals surface area contributed by atoms with Gasteiger partial charge in [0.1, 0.15) is 0 Å². The van der Waals surface area contributed by atoms with Gasteiger partial charge in [0, 0.05) is 5.02 Å². The molecule has 0 saturated heterocycles. The fourth-order valence-corrected chi connectivity index (χ4v) is 1.83. The monoisotopic (exact) mass is 327 g/mol. The molecular weight excluding hydrogens is 317 g/mol. The summed E-state index contributed by atoms with van der Waals surface area (Å²) in [4.78, 5) is 23.6. The number of hydrogen-bond acceptors (Lipinski definition) is 4. The van der Waals surface area contributed by atoms with Gasteiger partial charge in [-0.25, -0.2) is 4.79 Å². The largest absolute Gasteiger partial charge is 0.457 e. The van der Waals surface area contributed by atoms with Gasteiger partial charge < -0.3 is 14.5 Å². The van der Waals surface area contributed by atoms with Crippen molar-refractivity contribution >= 4 is 40.8 Å². The molecule has 2 aromatic rings. The molecule has 110 valence electrons. The molecule has 1 N–H and O–H groups in total. The molecule has 0 aliphatic rings. The average molecular weight is 328 g/mol. The lowest BCUT2D eigenvalue weighted by Gasteiger charge is -2.13. The number of hydrogen-bond donors (Lipinski definition) is 1. The smallest absolute Gasteiger partial charge is 0.374 e. The summed E-state index contributed by atoms with van der Waals surface area (Å²) in [5.41, 5.74) is 0.343. The van der Waals surface area contributed by atoms with E-state index in [0.29, 0.717) is 15.7 Å². The zero-order valence-electron chi connectivity index (χ0n) is 10.9. The number of ether oxygens (including phenoxy) is 1. The molecule has 0 aliphatic heterocycles. The van der Waals surface area contributed by atoms with Crippen molar-refractivity contribution in [3.63, 3.8) is 0 Å². The predicted molar refractivity (Wildman–Crippen MR) is 78.7 cm³/mol. The Kier molecular flexibility index (Phi) is 4.88. The van der Waals surface area contributed by atoms with Crippen LogP contribution in [0.25, 0.3) is 0 Å². The number of carbonyl (C=O) groups excluding carboxylic acids is 2. The van der Waals surface area contributed by atoms with Gasteiger partial charge in [-0.2, -0.15) is 0 Å². The first-order valence-corrected chi connectivity index (χ1v) is 6.73. The molecule has 0 aliphatic carbocycles. The van der Waals surface area contributed by atoms with Crippen LogP contribution in [0.4, 0.5) is 5.69 Å². The van der Waals surface area contributed by atoms with Gasteiger partial charge in [0.05, 0.1) is 17.0 Å². The molecule has 1 aromatic heterocycles. The second-order valence-corrected chi connectivity index (χ2v) is 4.98. The molecule has 0 spiro atoms. The third-order valence-corrected chi connectivity index (χ3v) is 3.13. The van der Waals surface area contributed by atoms with Gasteiger partial charge in [0.15, 0.2) is 6.10 Å². The SMILES string of the molecule is C[C@H](OC(=O)c1ccco1)C(=O)Nc1cc(Cl)ccc1Cl. The molecule has 0 fully saturated rings. The lowest BCUT2D eigenvalue weighted by Crippen LogP contribution is -2.30. The van der Waals surface area contributed by atoms with Gasteiger partial charge in [0.25, 0.3) is 5.91 Å². The van der Waals surface area contributed by atoms with Crippen LogP contribution in [0, 0.1) is 0 Å². The standard InChI is InChI=1S/C14H11Cl2NO4/c1-8(21-14(19)12-3-2-6-20-12)13(18)17-11-7-9(15)4-5-10(11)16/h2-8H,1H3,(H,17,18)/t8-/m0/s1. The highest BCUT2D eigenvalue weighted by Gasteiger charge is 2.21. The maximum Gasteiger partial charge on any atom is 0.374 e. The van der Waals surface area contributed by atoms with Gasteiger partial charge in [-0.15, -0.1) is 0 Å². The fraction of sp³-hybridized carbons (Fsp3) is 0.143. The molecular formula is C14H11Cl2NO4. The van der Waals surface area contributed by atoms with Crippen LogP contribution in [0.3, 0.4) is 0 Å². The summed E-state index contributed by atoms with van der Waals surface area (Å²) >= 11 is 11.8. The number of benzene rings is 1. The number of anilines is 1. The molecule has 7 heteroatoms. The summed E-state index contributed by atoms with van der Waals surface area (Å²) in [5, 5.41) is 3.29. The van der Waals surface area contributed by atoms with Crippen molar-refractivity contribution in [3.8, 4) is 0 Å². The maximum absolute atomic E-state index is 12.0. The highest BCUT2D eigenvalue weighted by molar-refractivity contribution is 6.35. The first-order valence-electron chi connectivity index (χ1n) is 5.98. The van der Waals surface area contributed by atoms with E-state index < -0.39 is 18.0 Å². The number of furan rings is 1. The van der Waals surface area contributed by atoms with Crippen LogP contribution in [-0.4, -0.2) is 18.0 Å². The van der Waals surface area contributed by atoms with Gasteiger partial charge in [-0.05, 0) is 37.3 Å². The third kappa shape index (κ3) is 4.00. The van der Waals surface area contributed by atoms with Gasteiger partial charge in [-0.3, -0.25) is 4.79 Å². The van der Waals surface area contributed by atoms with Crippen molar-refractivity contribution < 1.29 is 18.7 Å². The minimum atomic E-state index is -1.02. The Hall–Kier alpha value is -1.98. The van der Waals surface area contributed by atoms with Gasteiger partial charge in [0.2, 0.25) is 5.76 Å². The van der Waals surface area contributed by atoms with E-state index in [-0.39, 0.29) is 5.76 Å². The molecule has 0 bridgehead atoms. The maximum atomic E-state index is 12.0.